The normalized spacial score (nSPS) is 10.6. The lowest BCUT2D eigenvalue weighted by Crippen LogP contribution is -2.17. The van der Waals surface area contributed by atoms with E-state index < -0.39 is 5.97 Å². The maximum atomic E-state index is 12.1. The molecule has 0 atom stereocenters. The first-order valence-electron chi connectivity index (χ1n) is 8.09. The molecule has 0 saturated carbocycles. The summed E-state index contributed by atoms with van der Waals surface area (Å²) in [5.74, 6) is -0.0845. The predicted molar refractivity (Wildman–Crippen MR) is 111 cm³/mol. The molecule has 1 aromatic heterocycles. The van der Waals surface area contributed by atoms with Crippen molar-refractivity contribution in [3.63, 3.8) is 0 Å². The third-order valence-electron chi connectivity index (χ3n) is 3.60. The van der Waals surface area contributed by atoms with Crippen molar-refractivity contribution in [1.82, 2.24) is 5.43 Å². The summed E-state index contributed by atoms with van der Waals surface area (Å²) in [7, 11) is 1.48. The Morgan fingerprint density at radius 1 is 1.11 bits per heavy atom. The van der Waals surface area contributed by atoms with Crippen LogP contribution in [0.1, 0.15) is 25.6 Å². The van der Waals surface area contributed by atoms with Crippen molar-refractivity contribution < 1.29 is 19.1 Å². The second kappa shape index (κ2) is 9.29. The number of esters is 1. The minimum Gasteiger partial charge on any atom is -0.493 e. The fourth-order valence-corrected chi connectivity index (χ4v) is 3.09. The lowest BCUT2D eigenvalue weighted by Gasteiger charge is -2.09. The summed E-state index contributed by atoms with van der Waals surface area (Å²) in [4.78, 5) is 24.6. The van der Waals surface area contributed by atoms with E-state index in [-0.39, 0.29) is 5.91 Å². The highest BCUT2D eigenvalue weighted by molar-refractivity contribution is 9.10. The zero-order chi connectivity index (χ0) is 19.9. The smallest absolute Gasteiger partial charge is 0.353 e. The van der Waals surface area contributed by atoms with Gasteiger partial charge >= 0.3 is 5.97 Å². The van der Waals surface area contributed by atoms with Crippen LogP contribution >= 0.6 is 27.3 Å². The molecule has 0 spiro atoms. The predicted octanol–water partition coefficient (Wildman–Crippen LogP) is 4.50. The summed E-state index contributed by atoms with van der Waals surface area (Å²) >= 11 is 4.62. The Hall–Kier alpha value is -2.97. The summed E-state index contributed by atoms with van der Waals surface area (Å²) in [6, 6.07) is 15.4. The van der Waals surface area contributed by atoms with E-state index in [1.807, 2.05) is 0 Å². The van der Waals surface area contributed by atoms with Crippen molar-refractivity contribution in [3.05, 3.63) is 80.5 Å². The van der Waals surface area contributed by atoms with Gasteiger partial charge in [0.15, 0.2) is 11.5 Å². The molecule has 1 N–H and O–H groups in total. The zero-order valence-corrected chi connectivity index (χ0v) is 17.1. The van der Waals surface area contributed by atoms with Crippen molar-refractivity contribution in [1.29, 1.82) is 0 Å². The van der Waals surface area contributed by atoms with Crippen molar-refractivity contribution in [3.8, 4) is 11.5 Å². The third kappa shape index (κ3) is 5.05. The molecule has 0 aliphatic heterocycles. The highest BCUT2D eigenvalue weighted by atomic mass is 79.9. The first-order valence-corrected chi connectivity index (χ1v) is 9.77. The molecule has 0 unspecified atom stereocenters. The maximum absolute atomic E-state index is 12.1. The van der Waals surface area contributed by atoms with Gasteiger partial charge in [0.05, 0.1) is 13.3 Å². The second-order valence-corrected chi connectivity index (χ2v) is 7.35. The van der Waals surface area contributed by atoms with Crippen LogP contribution in [0, 0.1) is 0 Å². The highest BCUT2D eigenvalue weighted by Crippen LogP contribution is 2.28. The molecule has 0 aliphatic rings. The van der Waals surface area contributed by atoms with Gasteiger partial charge in [-0.05, 0) is 59.5 Å². The van der Waals surface area contributed by atoms with Gasteiger partial charge in [-0.15, -0.1) is 11.3 Å². The Balaban J connectivity index is 1.66. The number of hydrogen-bond acceptors (Lipinski definition) is 6. The zero-order valence-electron chi connectivity index (χ0n) is 14.7. The molecule has 3 rings (SSSR count). The summed E-state index contributed by atoms with van der Waals surface area (Å²) < 4.78 is 11.5. The lowest BCUT2D eigenvalue weighted by atomic mass is 10.2. The van der Waals surface area contributed by atoms with E-state index in [1.54, 1.807) is 60.0 Å². The Kier molecular flexibility index (Phi) is 6.57. The number of halogens is 1. The number of hydrogen-bond donors (Lipinski definition) is 1. The number of thiophene rings is 1. The molecule has 0 saturated heterocycles. The molecule has 0 radical (unpaired) electrons. The van der Waals surface area contributed by atoms with Gasteiger partial charge < -0.3 is 9.47 Å². The van der Waals surface area contributed by atoms with Crippen LogP contribution in [-0.2, 0) is 0 Å². The van der Waals surface area contributed by atoms with Crippen molar-refractivity contribution >= 4 is 45.4 Å². The van der Waals surface area contributed by atoms with Gasteiger partial charge in [0.25, 0.3) is 5.91 Å². The molecular weight excluding hydrogens is 444 g/mol. The van der Waals surface area contributed by atoms with Crippen LogP contribution in [0.3, 0.4) is 0 Å². The number of carbonyl (C=O) groups is 2. The van der Waals surface area contributed by atoms with E-state index in [0.29, 0.717) is 27.5 Å². The Bertz CT molecular complexity index is 1000. The van der Waals surface area contributed by atoms with Gasteiger partial charge in [0, 0.05) is 10.0 Å². The van der Waals surface area contributed by atoms with E-state index in [2.05, 4.69) is 26.5 Å². The number of nitrogens with zero attached hydrogens (tertiary/aromatic N) is 1. The topological polar surface area (TPSA) is 77.0 Å². The molecule has 28 heavy (non-hydrogen) atoms. The Labute approximate surface area is 173 Å². The average molecular weight is 459 g/mol. The molecule has 1 heterocycles. The van der Waals surface area contributed by atoms with Gasteiger partial charge in [0.1, 0.15) is 4.88 Å². The third-order valence-corrected chi connectivity index (χ3v) is 4.98. The quantitative estimate of drug-likeness (QED) is 0.255. The number of carbonyl (C=O) groups excluding carboxylic acids is 2. The summed E-state index contributed by atoms with van der Waals surface area (Å²) in [5, 5.41) is 5.75. The summed E-state index contributed by atoms with van der Waals surface area (Å²) in [6.07, 6.45) is 1.48. The number of benzene rings is 2. The molecule has 3 aromatic rings. The summed E-state index contributed by atoms with van der Waals surface area (Å²) in [5.41, 5.74) is 3.62. The number of ether oxygens (including phenoxy) is 2. The fourth-order valence-electron chi connectivity index (χ4n) is 2.22. The molecule has 1 amide bonds. The molecular formula is C20H15BrN2O4S. The lowest BCUT2D eigenvalue weighted by molar-refractivity contribution is 0.0734. The molecule has 6 nitrogen and oxygen atoms in total. The number of amides is 1. The first kappa shape index (κ1) is 19.8. The van der Waals surface area contributed by atoms with Crippen molar-refractivity contribution in [2.75, 3.05) is 7.11 Å². The number of hydrazone groups is 1. The monoisotopic (exact) mass is 458 g/mol. The van der Waals surface area contributed by atoms with Crippen LogP contribution < -0.4 is 14.9 Å². The molecule has 0 fully saturated rings. The SMILES string of the molecule is COc1cc(C=NNC(=O)c2ccc(Br)cc2)ccc1OC(=O)c1cccs1. The number of nitrogens with one attached hydrogen (secondary N) is 1. The fraction of sp³-hybridized carbons (Fsp3) is 0.0500. The first-order chi connectivity index (χ1) is 13.6. The van der Waals surface area contributed by atoms with Crippen LogP contribution in [0.25, 0.3) is 0 Å². The van der Waals surface area contributed by atoms with Gasteiger partial charge in [-0.3, -0.25) is 4.79 Å². The minimum absolute atomic E-state index is 0.303. The van der Waals surface area contributed by atoms with Crippen LogP contribution in [0.4, 0.5) is 0 Å². The standard InChI is InChI=1S/C20H15BrN2O4S/c1-26-17-11-13(4-9-16(17)27-20(25)18-3-2-10-28-18)12-22-23-19(24)14-5-7-15(21)8-6-14/h2-12H,1H3,(H,23,24). The van der Waals surface area contributed by atoms with Crippen molar-refractivity contribution in [2.24, 2.45) is 5.10 Å². The van der Waals surface area contributed by atoms with E-state index in [1.165, 1.54) is 24.7 Å². The molecule has 2 aromatic carbocycles. The number of methoxy groups -OCH3 is 1. The van der Waals surface area contributed by atoms with E-state index in [4.69, 9.17) is 9.47 Å². The highest BCUT2D eigenvalue weighted by Gasteiger charge is 2.13. The van der Waals surface area contributed by atoms with E-state index in [0.717, 1.165) is 4.47 Å². The van der Waals surface area contributed by atoms with Crippen LogP contribution in [0.2, 0.25) is 0 Å². The average Bonchev–Trinajstić information content (AvgIpc) is 3.24. The van der Waals surface area contributed by atoms with Crippen LogP contribution in [0.15, 0.2) is 69.6 Å². The van der Waals surface area contributed by atoms with Gasteiger partial charge in [-0.1, -0.05) is 22.0 Å². The molecule has 0 aliphatic carbocycles. The van der Waals surface area contributed by atoms with Crippen LogP contribution in [0.5, 0.6) is 11.5 Å². The largest absolute Gasteiger partial charge is 0.493 e. The summed E-state index contributed by atoms with van der Waals surface area (Å²) in [6.45, 7) is 0. The number of rotatable bonds is 6. The molecule has 0 bridgehead atoms. The van der Waals surface area contributed by atoms with Crippen LogP contribution in [-0.4, -0.2) is 25.2 Å². The van der Waals surface area contributed by atoms with Crippen molar-refractivity contribution in [2.45, 2.75) is 0 Å². The van der Waals surface area contributed by atoms with E-state index >= 15 is 0 Å². The second-order valence-electron chi connectivity index (χ2n) is 5.48. The van der Waals surface area contributed by atoms with E-state index in [9.17, 15) is 9.59 Å². The van der Waals surface area contributed by atoms with Gasteiger partial charge in [0.2, 0.25) is 0 Å². The maximum Gasteiger partial charge on any atom is 0.353 e. The Morgan fingerprint density at radius 3 is 2.57 bits per heavy atom. The molecule has 8 heteroatoms. The Morgan fingerprint density at radius 2 is 1.89 bits per heavy atom. The minimum atomic E-state index is -0.448. The molecule has 142 valence electrons. The van der Waals surface area contributed by atoms with Gasteiger partial charge in [-0.25, -0.2) is 10.2 Å². The van der Waals surface area contributed by atoms with Gasteiger partial charge in [-0.2, -0.15) is 5.10 Å².